The van der Waals surface area contributed by atoms with E-state index in [1.807, 2.05) is 30.0 Å². The lowest BCUT2D eigenvalue weighted by molar-refractivity contribution is 0.0649. The summed E-state index contributed by atoms with van der Waals surface area (Å²) in [6, 6.07) is 7.50. The molecule has 136 valence electrons. The predicted molar refractivity (Wildman–Crippen MR) is 97.7 cm³/mol. The van der Waals surface area contributed by atoms with Crippen LogP contribution in [0.1, 0.15) is 17.4 Å². The molecule has 0 radical (unpaired) electrons. The number of aromatic nitrogens is 2. The summed E-state index contributed by atoms with van der Waals surface area (Å²) in [6.45, 7) is 4.36. The van der Waals surface area contributed by atoms with Gasteiger partial charge in [0.2, 0.25) is 0 Å². The van der Waals surface area contributed by atoms with Gasteiger partial charge in [0.05, 0.1) is 19.9 Å². The molecule has 2 heterocycles. The van der Waals surface area contributed by atoms with Gasteiger partial charge in [0.15, 0.2) is 11.5 Å². The average Bonchev–Trinajstić information content (AvgIpc) is 3.11. The lowest BCUT2D eigenvalue weighted by atomic mass is 10.1. The number of halogens is 1. The van der Waals surface area contributed by atoms with E-state index >= 15 is 0 Å². The van der Waals surface area contributed by atoms with Crippen LogP contribution in [0.2, 0.25) is 0 Å². The van der Waals surface area contributed by atoms with Crippen molar-refractivity contribution in [3.63, 3.8) is 0 Å². The van der Waals surface area contributed by atoms with Crippen molar-refractivity contribution in [2.75, 3.05) is 33.9 Å². The monoisotopic (exact) mass is 366 g/mol. The van der Waals surface area contributed by atoms with Gasteiger partial charge in [-0.05, 0) is 31.2 Å². The van der Waals surface area contributed by atoms with Crippen molar-refractivity contribution in [2.45, 2.75) is 13.0 Å². The summed E-state index contributed by atoms with van der Waals surface area (Å²) in [5, 5.41) is 10.4. The Morgan fingerprint density at radius 1 is 1.24 bits per heavy atom. The molecule has 1 aliphatic heterocycles. The van der Waals surface area contributed by atoms with Gasteiger partial charge in [-0.1, -0.05) is 0 Å². The number of ether oxygens (including phenoxy) is 2. The van der Waals surface area contributed by atoms with Gasteiger partial charge in [-0.2, -0.15) is 5.10 Å². The zero-order chi connectivity index (χ0) is 17.1. The fraction of sp³-hybridized carbons (Fsp3) is 0.412. The second-order valence-corrected chi connectivity index (χ2v) is 5.79. The van der Waals surface area contributed by atoms with E-state index in [1.165, 1.54) is 0 Å². The fourth-order valence-electron chi connectivity index (χ4n) is 2.87. The number of rotatable bonds is 4. The van der Waals surface area contributed by atoms with Gasteiger partial charge in [-0.25, -0.2) is 0 Å². The number of nitrogens with zero attached hydrogens (tertiary/aromatic N) is 2. The van der Waals surface area contributed by atoms with E-state index in [1.54, 1.807) is 20.3 Å². The summed E-state index contributed by atoms with van der Waals surface area (Å²) in [5.74, 6) is 1.26. The lowest BCUT2D eigenvalue weighted by Crippen LogP contribution is -2.52. The molecule has 1 fully saturated rings. The topological polar surface area (TPSA) is 79.5 Å². The molecule has 0 saturated carbocycles. The highest BCUT2D eigenvalue weighted by molar-refractivity contribution is 5.93. The van der Waals surface area contributed by atoms with Crippen molar-refractivity contribution in [2.24, 2.45) is 0 Å². The molecule has 7 nitrogen and oxygen atoms in total. The first-order valence-corrected chi connectivity index (χ1v) is 7.93. The Morgan fingerprint density at radius 2 is 2.00 bits per heavy atom. The van der Waals surface area contributed by atoms with Gasteiger partial charge < -0.3 is 19.7 Å². The minimum Gasteiger partial charge on any atom is -0.493 e. The first kappa shape index (κ1) is 19.1. The van der Waals surface area contributed by atoms with Crippen LogP contribution in [0, 0.1) is 0 Å². The third kappa shape index (κ3) is 3.88. The quantitative estimate of drug-likeness (QED) is 0.864. The van der Waals surface area contributed by atoms with E-state index in [9.17, 15) is 4.79 Å². The molecule has 1 amide bonds. The van der Waals surface area contributed by atoms with E-state index in [4.69, 9.17) is 9.47 Å². The van der Waals surface area contributed by atoms with Crippen molar-refractivity contribution in [1.82, 2.24) is 20.4 Å². The summed E-state index contributed by atoms with van der Waals surface area (Å²) >= 11 is 0. The van der Waals surface area contributed by atoms with Crippen LogP contribution in [0.4, 0.5) is 0 Å². The second kappa shape index (κ2) is 8.22. The third-order valence-electron chi connectivity index (χ3n) is 4.25. The molecule has 1 aliphatic rings. The molecule has 25 heavy (non-hydrogen) atoms. The van der Waals surface area contributed by atoms with Crippen molar-refractivity contribution in [1.29, 1.82) is 0 Å². The highest BCUT2D eigenvalue weighted by Gasteiger charge is 2.25. The van der Waals surface area contributed by atoms with Crippen LogP contribution in [0.5, 0.6) is 11.5 Å². The largest absolute Gasteiger partial charge is 0.493 e. The third-order valence-corrected chi connectivity index (χ3v) is 4.25. The highest BCUT2D eigenvalue weighted by Crippen LogP contribution is 2.31. The number of nitrogens with one attached hydrogen (secondary N) is 2. The average molecular weight is 367 g/mol. The summed E-state index contributed by atoms with van der Waals surface area (Å²) < 4.78 is 10.6. The number of piperazine rings is 1. The Kier molecular flexibility index (Phi) is 6.27. The maximum atomic E-state index is 12.7. The minimum absolute atomic E-state index is 0. The number of methoxy groups -OCH3 is 2. The molecule has 1 saturated heterocycles. The van der Waals surface area contributed by atoms with Crippen LogP contribution in [0.3, 0.4) is 0 Å². The van der Waals surface area contributed by atoms with E-state index in [0.29, 0.717) is 29.4 Å². The molecule has 3 rings (SSSR count). The molecule has 8 heteroatoms. The first-order valence-electron chi connectivity index (χ1n) is 7.93. The van der Waals surface area contributed by atoms with Crippen molar-refractivity contribution < 1.29 is 14.3 Å². The minimum atomic E-state index is -0.0248. The molecule has 2 N–H and O–H groups in total. The standard InChI is InChI=1S/C17H22N4O3.ClH/c1-11-10-18-6-7-21(11)17(22)14-9-13(19-20-14)12-4-5-15(23-2)16(8-12)24-3;/h4-5,8-9,11,18H,6-7,10H2,1-3H3,(H,19,20);1H/t11-;/m1./s1. The molecule has 0 spiro atoms. The Bertz CT molecular complexity index is 734. The van der Waals surface area contributed by atoms with E-state index in [0.717, 1.165) is 18.7 Å². The van der Waals surface area contributed by atoms with Gasteiger partial charge in [0.1, 0.15) is 5.69 Å². The van der Waals surface area contributed by atoms with Crippen molar-refractivity contribution in [3.8, 4) is 22.8 Å². The molecule has 0 bridgehead atoms. The van der Waals surface area contributed by atoms with Gasteiger partial charge in [-0.3, -0.25) is 9.89 Å². The van der Waals surface area contributed by atoms with Crippen LogP contribution in [0.15, 0.2) is 24.3 Å². The molecule has 1 aromatic carbocycles. The van der Waals surface area contributed by atoms with Gasteiger partial charge in [0.25, 0.3) is 5.91 Å². The van der Waals surface area contributed by atoms with Gasteiger partial charge in [-0.15, -0.1) is 12.4 Å². The molecule has 0 aliphatic carbocycles. The normalized spacial score (nSPS) is 16.9. The molecule has 0 unspecified atom stereocenters. The summed E-state index contributed by atoms with van der Waals surface area (Å²) in [5.41, 5.74) is 2.05. The second-order valence-electron chi connectivity index (χ2n) is 5.79. The van der Waals surface area contributed by atoms with Crippen molar-refractivity contribution in [3.05, 3.63) is 30.0 Å². The zero-order valence-corrected chi connectivity index (χ0v) is 15.4. The van der Waals surface area contributed by atoms with Crippen LogP contribution in [0.25, 0.3) is 11.3 Å². The smallest absolute Gasteiger partial charge is 0.272 e. The Balaban J connectivity index is 0.00000225. The van der Waals surface area contributed by atoms with E-state index in [2.05, 4.69) is 15.5 Å². The number of carbonyl (C=O) groups is 1. The van der Waals surface area contributed by atoms with E-state index < -0.39 is 0 Å². The highest BCUT2D eigenvalue weighted by atomic mass is 35.5. The number of aromatic amines is 1. The summed E-state index contributed by atoms with van der Waals surface area (Å²) in [4.78, 5) is 14.5. The Morgan fingerprint density at radius 3 is 2.68 bits per heavy atom. The number of carbonyl (C=O) groups excluding carboxylic acids is 1. The first-order chi connectivity index (χ1) is 11.6. The molecule has 1 aromatic heterocycles. The maximum Gasteiger partial charge on any atom is 0.272 e. The van der Waals surface area contributed by atoms with Crippen LogP contribution in [-0.4, -0.2) is 60.9 Å². The number of hydrogen-bond acceptors (Lipinski definition) is 5. The van der Waals surface area contributed by atoms with Crippen LogP contribution < -0.4 is 14.8 Å². The fourth-order valence-corrected chi connectivity index (χ4v) is 2.87. The van der Waals surface area contributed by atoms with Crippen LogP contribution >= 0.6 is 12.4 Å². The summed E-state index contributed by atoms with van der Waals surface area (Å²) in [6.07, 6.45) is 0. The Hall–Kier alpha value is -2.25. The molecule has 2 aromatic rings. The summed E-state index contributed by atoms with van der Waals surface area (Å²) in [7, 11) is 3.18. The van der Waals surface area contributed by atoms with Crippen molar-refractivity contribution >= 4 is 18.3 Å². The zero-order valence-electron chi connectivity index (χ0n) is 14.5. The molecular formula is C17H23ClN4O3. The van der Waals surface area contributed by atoms with E-state index in [-0.39, 0.29) is 24.4 Å². The number of amides is 1. The SMILES string of the molecule is COc1ccc(-c2cc(C(=O)N3CCNC[C@H]3C)[nH]n2)cc1OC.Cl. The van der Waals surface area contributed by atoms with Crippen LogP contribution in [-0.2, 0) is 0 Å². The number of H-pyrrole nitrogens is 1. The lowest BCUT2D eigenvalue weighted by Gasteiger charge is -2.33. The van der Waals surface area contributed by atoms with Gasteiger partial charge >= 0.3 is 0 Å². The van der Waals surface area contributed by atoms with Gasteiger partial charge in [0, 0.05) is 31.2 Å². The maximum absolute atomic E-state index is 12.7. The molecular weight excluding hydrogens is 344 g/mol. The Labute approximate surface area is 153 Å². The number of benzene rings is 1. The molecule has 1 atom stereocenters. The number of hydrogen-bond donors (Lipinski definition) is 2. The predicted octanol–water partition coefficient (Wildman–Crippen LogP) is 1.95.